The van der Waals surface area contributed by atoms with Crippen LogP contribution in [0.25, 0.3) is 0 Å². The van der Waals surface area contributed by atoms with E-state index >= 15 is 0 Å². The van der Waals surface area contributed by atoms with Crippen LogP contribution in [-0.4, -0.2) is 62.9 Å². The zero-order valence-corrected chi connectivity index (χ0v) is 19.3. The molecule has 2 N–H and O–H groups in total. The fraction of sp³-hybridized carbons (Fsp3) is 0.375. The van der Waals surface area contributed by atoms with Gasteiger partial charge in [-0.3, -0.25) is 9.59 Å². The Balaban J connectivity index is 2.23. The Morgan fingerprint density at radius 1 is 0.812 bits per heavy atom. The van der Waals surface area contributed by atoms with Crippen LogP contribution in [0.2, 0.25) is 0 Å². The third-order valence-electron chi connectivity index (χ3n) is 5.00. The van der Waals surface area contributed by atoms with E-state index in [1.54, 1.807) is 47.4 Å². The zero-order valence-electron chi connectivity index (χ0n) is 19.3. The Hall–Kier alpha value is -3.55. The second-order valence-electron chi connectivity index (χ2n) is 7.90. The molecule has 0 aliphatic heterocycles. The molecule has 0 aromatic heterocycles. The fourth-order valence-corrected chi connectivity index (χ4v) is 3.12. The van der Waals surface area contributed by atoms with Gasteiger partial charge in [0.2, 0.25) is 11.8 Å². The third-order valence-corrected chi connectivity index (χ3v) is 5.00. The van der Waals surface area contributed by atoms with Crippen molar-refractivity contribution in [2.24, 2.45) is 0 Å². The van der Waals surface area contributed by atoms with Gasteiger partial charge < -0.3 is 25.2 Å². The molecule has 172 valence electrons. The van der Waals surface area contributed by atoms with E-state index in [-0.39, 0.29) is 30.7 Å². The monoisotopic (exact) mass is 440 g/mol. The van der Waals surface area contributed by atoms with Crippen molar-refractivity contribution in [2.45, 2.75) is 24.9 Å². The van der Waals surface area contributed by atoms with Gasteiger partial charge in [0.25, 0.3) is 0 Å². The van der Waals surface area contributed by atoms with Gasteiger partial charge in [0.05, 0.1) is 32.0 Å². The first-order valence-electron chi connectivity index (χ1n) is 10.4. The summed E-state index contributed by atoms with van der Waals surface area (Å²) in [5, 5.41) is 5.85. The highest BCUT2D eigenvalue weighted by Gasteiger charge is 2.24. The molecule has 0 radical (unpaired) electrons. The molecule has 0 aliphatic carbocycles. The molecule has 2 unspecified atom stereocenters. The van der Waals surface area contributed by atoms with Crippen LogP contribution in [0.3, 0.4) is 0 Å². The Labute approximate surface area is 189 Å². The molecule has 2 aromatic carbocycles. The van der Waals surface area contributed by atoms with E-state index in [0.29, 0.717) is 5.75 Å². The number of nitrogens with one attached hydrogen (secondary N) is 2. The summed E-state index contributed by atoms with van der Waals surface area (Å²) in [5.74, 6) is 0.246. The Morgan fingerprint density at radius 2 is 1.44 bits per heavy atom. The maximum atomic E-state index is 13.0. The normalized spacial score (nSPS) is 12.3. The van der Waals surface area contributed by atoms with Crippen molar-refractivity contribution in [1.29, 1.82) is 0 Å². The average molecular weight is 441 g/mol. The molecule has 0 aliphatic rings. The number of nitrogens with zero attached hydrogens (tertiary/aromatic N) is 2. The number of carbonyl (C=O) groups excluding carboxylic acids is 3. The fourth-order valence-electron chi connectivity index (χ4n) is 3.12. The van der Waals surface area contributed by atoms with Crippen LogP contribution in [0.4, 0.5) is 4.79 Å². The average Bonchev–Trinajstić information content (AvgIpc) is 2.78. The van der Waals surface area contributed by atoms with Crippen molar-refractivity contribution in [2.75, 3.05) is 35.3 Å². The molecule has 2 atom stereocenters. The molecule has 0 saturated heterocycles. The lowest BCUT2D eigenvalue weighted by atomic mass is 10.0. The lowest BCUT2D eigenvalue weighted by molar-refractivity contribution is -0.129. The minimum absolute atomic E-state index is 0.0280. The van der Waals surface area contributed by atoms with Gasteiger partial charge in [0, 0.05) is 28.2 Å². The summed E-state index contributed by atoms with van der Waals surface area (Å²) in [6.07, 6.45) is 0.131. The molecule has 0 spiro atoms. The highest BCUT2D eigenvalue weighted by atomic mass is 16.5. The second-order valence-corrected chi connectivity index (χ2v) is 7.90. The van der Waals surface area contributed by atoms with Crippen LogP contribution < -0.4 is 15.4 Å². The second kappa shape index (κ2) is 11.7. The first kappa shape index (κ1) is 24.7. The van der Waals surface area contributed by atoms with Crippen LogP contribution in [0.5, 0.6) is 5.75 Å². The molecule has 2 rings (SSSR count). The van der Waals surface area contributed by atoms with Gasteiger partial charge in [-0.15, -0.1) is 0 Å². The van der Waals surface area contributed by atoms with Gasteiger partial charge in [0.1, 0.15) is 5.75 Å². The topological polar surface area (TPSA) is 91.0 Å². The summed E-state index contributed by atoms with van der Waals surface area (Å²) in [7, 11) is 8.20. The van der Waals surface area contributed by atoms with Crippen LogP contribution in [0.1, 0.15) is 36.1 Å². The van der Waals surface area contributed by atoms with Crippen LogP contribution >= 0.6 is 0 Å². The zero-order chi connectivity index (χ0) is 23.7. The minimum Gasteiger partial charge on any atom is -0.497 e. The van der Waals surface area contributed by atoms with Gasteiger partial charge in [-0.25, -0.2) is 4.79 Å². The summed E-state index contributed by atoms with van der Waals surface area (Å²) in [4.78, 5) is 40.6. The smallest absolute Gasteiger partial charge is 0.317 e. The maximum Gasteiger partial charge on any atom is 0.317 e. The van der Waals surface area contributed by atoms with E-state index in [9.17, 15) is 14.4 Å². The summed E-state index contributed by atoms with van der Waals surface area (Å²) >= 11 is 0. The van der Waals surface area contributed by atoms with E-state index in [1.807, 2.05) is 42.5 Å². The lowest BCUT2D eigenvalue weighted by Gasteiger charge is -2.24. The van der Waals surface area contributed by atoms with Crippen molar-refractivity contribution in [1.82, 2.24) is 20.4 Å². The predicted molar refractivity (Wildman–Crippen MR) is 123 cm³/mol. The van der Waals surface area contributed by atoms with Crippen molar-refractivity contribution < 1.29 is 19.1 Å². The summed E-state index contributed by atoms with van der Waals surface area (Å²) in [6.45, 7) is 0. The van der Waals surface area contributed by atoms with E-state index in [0.717, 1.165) is 11.1 Å². The minimum atomic E-state index is -0.534. The predicted octanol–water partition coefficient (Wildman–Crippen LogP) is 2.73. The molecule has 0 bridgehead atoms. The first-order chi connectivity index (χ1) is 15.2. The largest absolute Gasteiger partial charge is 0.497 e. The number of hydrogen-bond acceptors (Lipinski definition) is 4. The van der Waals surface area contributed by atoms with E-state index in [1.165, 1.54) is 9.80 Å². The Bertz CT molecular complexity index is 915. The van der Waals surface area contributed by atoms with E-state index in [4.69, 9.17) is 4.74 Å². The number of benzene rings is 2. The summed E-state index contributed by atoms with van der Waals surface area (Å²) in [6, 6.07) is 15.2. The Morgan fingerprint density at radius 3 is 2.03 bits per heavy atom. The van der Waals surface area contributed by atoms with E-state index in [2.05, 4.69) is 10.6 Å². The number of amides is 4. The van der Waals surface area contributed by atoms with Crippen molar-refractivity contribution >= 4 is 17.8 Å². The maximum absolute atomic E-state index is 13.0. The van der Waals surface area contributed by atoms with Crippen LogP contribution in [0.15, 0.2) is 54.6 Å². The standard InChI is InChI=1S/C24H32N4O4/c1-27(2)23(30)16-21(18-12-9-13-19(14-18)32-5)25-22(29)15-20(26-24(31)28(3)4)17-10-7-6-8-11-17/h6-14,20-21H,15-16H2,1-5H3,(H,25,29)(H,26,31). The van der Waals surface area contributed by atoms with E-state index < -0.39 is 12.1 Å². The molecule has 4 amide bonds. The van der Waals surface area contributed by atoms with Gasteiger partial charge in [0.15, 0.2) is 0 Å². The molecular formula is C24H32N4O4. The number of rotatable bonds is 9. The number of hydrogen-bond donors (Lipinski definition) is 2. The summed E-state index contributed by atoms with van der Waals surface area (Å²) < 4.78 is 5.29. The molecule has 8 heteroatoms. The molecule has 8 nitrogen and oxygen atoms in total. The SMILES string of the molecule is COc1cccc(C(CC(=O)N(C)C)NC(=O)CC(NC(=O)N(C)C)c2ccccc2)c1. The highest BCUT2D eigenvalue weighted by molar-refractivity contribution is 5.81. The quantitative estimate of drug-likeness (QED) is 0.627. The lowest BCUT2D eigenvalue weighted by Crippen LogP contribution is -2.40. The number of ether oxygens (including phenoxy) is 1. The molecule has 0 saturated carbocycles. The molecule has 0 fully saturated rings. The van der Waals surface area contributed by atoms with Gasteiger partial charge in [-0.05, 0) is 23.3 Å². The molecular weight excluding hydrogens is 408 g/mol. The van der Waals surface area contributed by atoms with Gasteiger partial charge in [-0.1, -0.05) is 42.5 Å². The summed E-state index contributed by atoms with van der Waals surface area (Å²) in [5.41, 5.74) is 1.58. The molecule has 0 heterocycles. The molecule has 2 aromatic rings. The third kappa shape index (κ3) is 7.30. The number of urea groups is 1. The van der Waals surface area contributed by atoms with Crippen LogP contribution in [-0.2, 0) is 9.59 Å². The van der Waals surface area contributed by atoms with Crippen molar-refractivity contribution in [3.63, 3.8) is 0 Å². The van der Waals surface area contributed by atoms with Crippen molar-refractivity contribution in [3.8, 4) is 5.75 Å². The van der Waals surface area contributed by atoms with Crippen LogP contribution in [0, 0.1) is 0 Å². The highest BCUT2D eigenvalue weighted by Crippen LogP contribution is 2.24. The first-order valence-corrected chi connectivity index (χ1v) is 10.4. The Kier molecular flexibility index (Phi) is 9.07. The van der Waals surface area contributed by atoms with Gasteiger partial charge in [-0.2, -0.15) is 0 Å². The van der Waals surface area contributed by atoms with Crippen molar-refractivity contribution in [3.05, 3.63) is 65.7 Å². The number of methoxy groups -OCH3 is 1. The molecule has 32 heavy (non-hydrogen) atoms. The number of carbonyl (C=O) groups is 3. The van der Waals surface area contributed by atoms with Gasteiger partial charge >= 0.3 is 6.03 Å².